The molecule has 3 aromatic rings. The number of carbonyl (C=O) groups is 1. The molecule has 1 aliphatic rings. The van der Waals surface area contributed by atoms with Crippen LogP contribution in [0.3, 0.4) is 0 Å². The zero-order chi connectivity index (χ0) is 26.6. The molecule has 0 spiro atoms. The molecule has 0 unspecified atom stereocenters. The van der Waals surface area contributed by atoms with Gasteiger partial charge >= 0.3 is 6.18 Å². The number of aromatic nitrogens is 2. The molecule has 0 aliphatic carbocycles. The summed E-state index contributed by atoms with van der Waals surface area (Å²) in [4.78, 5) is 12.8. The molecule has 6 nitrogen and oxygen atoms in total. The lowest BCUT2D eigenvalue weighted by atomic mass is 10.0. The van der Waals surface area contributed by atoms with Gasteiger partial charge in [-0.1, -0.05) is 29.6 Å². The van der Waals surface area contributed by atoms with E-state index in [0.29, 0.717) is 32.9 Å². The number of hydrazine groups is 1. The monoisotopic (exact) mass is 554 g/mol. The Balaban J connectivity index is 1.62. The first-order chi connectivity index (χ1) is 17.6. The lowest BCUT2D eigenvalue weighted by Crippen LogP contribution is -2.45. The third kappa shape index (κ3) is 7.18. The van der Waals surface area contributed by atoms with Crippen molar-refractivity contribution in [1.29, 1.82) is 0 Å². The lowest BCUT2D eigenvalue weighted by molar-refractivity contribution is -0.139. The van der Waals surface area contributed by atoms with Crippen LogP contribution in [0.4, 0.5) is 13.2 Å². The zero-order valence-corrected chi connectivity index (χ0v) is 21.8. The Morgan fingerprint density at radius 1 is 1.08 bits per heavy atom. The van der Waals surface area contributed by atoms with Gasteiger partial charge in [0.2, 0.25) is 5.91 Å². The Bertz CT molecular complexity index is 1240. The number of carbonyl (C=O) groups excluding carboxylic acids is 1. The number of benzene rings is 2. The number of halogens is 5. The van der Waals surface area contributed by atoms with Crippen LogP contribution in [0.15, 0.2) is 42.5 Å². The number of rotatable bonds is 8. The van der Waals surface area contributed by atoms with Gasteiger partial charge in [0, 0.05) is 23.7 Å². The van der Waals surface area contributed by atoms with E-state index < -0.39 is 19.2 Å². The van der Waals surface area contributed by atoms with E-state index in [9.17, 15) is 18.0 Å². The molecule has 198 valence electrons. The Labute approximate surface area is 223 Å². The van der Waals surface area contributed by atoms with Crippen molar-refractivity contribution in [2.75, 3.05) is 19.7 Å². The summed E-state index contributed by atoms with van der Waals surface area (Å²) < 4.78 is 44.2. The quantitative estimate of drug-likeness (QED) is 0.343. The average Bonchev–Trinajstić information content (AvgIpc) is 3.14. The molecule has 1 aliphatic heterocycles. The molecule has 37 heavy (non-hydrogen) atoms. The Hall–Kier alpha value is -2.75. The first-order valence-electron chi connectivity index (χ1n) is 12.0. The summed E-state index contributed by atoms with van der Waals surface area (Å²) in [6.45, 7) is 3.06. The van der Waals surface area contributed by atoms with Crippen LogP contribution in [0, 0.1) is 6.92 Å². The van der Waals surface area contributed by atoms with Gasteiger partial charge in [0.25, 0.3) is 0 Å². The number of amides is 1. The van der Waals surface area contributed by atoms with Gasteiger partial charge in [0.15, 0.2) is 0 Å². The maximum atomic E-state index is 12.8. The molecule has 1 amide bonds. The fraction of sp³-hybridized carbons (Fsp3) is 0.385. The van der Waals surface area contributed by atoms with E-state index in [1.807, 2.05) is 11.9 Å². The molecule has 1 fully saturated rings. The number of hydrogen-bond donors (Lipinski definition) is 1. The van der Waals surface area contributed by atoms with Crippen molar-refractivity contribution in [1.82, 2.24) is 20.2 Å². The summed E-state index contributed by atoms with van der Waals surface area (Å²) in [6.07, 6.45) is -1.98. The van der Waals surface area contributed by atoms with E-state index in [-0.39, 0.29) is 12.3 Å². The number of ether oxygens (including phenoxy) is 1. The van der Waals surface area contributed by atoms with Gasteiger partial charge in [-0.25, -0.2) is 9.69 Å². The molecule has 1 saturated heterocycles. The molecule has 2 aromatic carbocycles. The largest absolute Gasteiger partial charge is 0.493 e. The van der Waals surface area contributed by atoms with Gasteiger partial charge in [-0.05, 0) is 67.8 Å². The van der Waals surface area contributed by atoms with Crippen molar-refractivity contribution >= 4 is 29.1 Å². The summed E-state index contributed by atoms with van der Waals surface area (Å²) in [7, 11) is 0. The third-order valence-electron chi connectivity index (χ3n) is 6.11. The topological polar surface area (TPSA) is 59.4 Å². The first kappa shape index (κ1) is 27.3. The van der Waals surface area contributed by atoms with E-state index >= 15 is 0 Å². The molecule has 0 atom stereocenters. The molecule has 0 saturated carbocycles. The van der Waals surface area contributed by atoms with Crippen molar-refractivity contribution in [2.45, 2.75) is 45.2 Å². The van der Waals surface area contributed by atoms with E-state index in [2.05, 4.69) is 5.43 Å². The molecule has 4 rings (SSSR count). The number of hydrogen-bond acceptors (Lipinski definition) is 4. The summed E-state index contributed by atoms with van der Waals surface area (Å²) in [5, 5.41) is 7.52. The molecule has 1 aromatic heterocycles. The highest BCUT2D eigenvalue weighted by Crippen LogP contribution is 2.33. The molecule has 0 radical (unpaired) electrons. The van der Waals surface area contributed by atoms with Crippen LogP contribution < -0.4 is 10.2 Å². The smallest absolute Gasteiger partial charge is 0.392 e. The van der Waals surface area contributed by atoms with Crippen LogP contribution >= 0.6 is 23.2 Å². The third-order valence-corrected chi connectivity index (χ3v) is 6.65. The van der Waals surface area contributed by atoms with Crippen molar-refractivity contribution < 1.29 is 22.7 Å². The Morgan fingerprint density at radius 3 is 2.43 bits per heavy atom. The molecule has 11 heteroatoms. The number of nitrogens with one attached hydrogen (secondary N) is 1. The highest BCUT2D eigenvalue weighted by molar-refractivity contribution is 6.35. The van der Waals surface area contributed by atoms with Crippen molar-refractivity contribution in [3.05, 3.63) is 63.8 Å². The molecule has 1 N–H and O–H groups in total. The number of nitrogens with zero attached hydrogens (tertiary/aromatic N) is 3. The predicted octanol–water partition coefficient (Wildman–Crippen LogP) is 6.55. The van der Waals surface area contributed by atoms with Gasteiger partial charge in [0.05, 0.1) is 41.5 Å². The van der Waals surface area contributed by atoms with Gasteiger partial charge in [-0.15, -0.1) is 0 Å². The fourth-order valence-corrected chi connectivity index (χ4v) is 4.73. The van der Waals surface area contributed by atoms with Crippen LogP contribution in [-0.2, 0) is 11.2 Å². The number of piperidine rings is 1. The predicted molar refractivity (Wildman–Crippen MR) is 137 cm³/mol. The van der Waals surface area contributed by atoms with E-state index in [4.69, 9.17) is 33.0 Å². The van der Waals surface area contributed by atoms with Crippen LogP contribution in [0.2, 0.25) is 10.0 Å². The normalized spacial score (nSPS) is 14.5. The minimum absolute atomic E-state index is 0.0756. The first-order valence-corrected chi connectivity index (χ1v) is 12.7. The van der Waals surface area contributed by atoms with Gasteiger partial charge < -0.3 is 4.74 Å². The van der Waals surface area contributed by atoms with Gasteiger partial charge in [-0.2, -0.15) is 18.3 Å². The van der Waals surface area contributed by atoms with Crippen LogP contribution in [0.1, 0.15) is 36.9 Å². The SMILES string of the molecule is Cc1c(CC(=O)NN2CCCCC2)nn(-c2ccc(Cl)cc2Cl)c1-c1ccc(OCCC(F)(F)F)cc1. The minimum Gasteiger partial charge on any atom is -0.493 e. The van der Waals surface area contributed by atoms with Crippen LogP contribution in [-0.4, -0.2) is 46.6 Å². The second-order valence-corrected chi connectivity index (χ2v) is 9.77. The van der Waals surface area contributed by atoms with Crippen molar-refractivity contribution in [2.24, 2.45) is 0 Å². The Morgan fingerprint density at radius 2 is 1.78 bits per heavy atom. The lowest BCUT2D eigenvalue weighted by Gasteiger charge is -2.26. The summed E-state index contributed by atoms with van der Waals surface area (Å²) >= 11 is 12.6. The average molecular weight is 555 g/mol. The molecule has 2 heterocycles. The van der Waals surface area contributed by atoms with Crippen molar-refractivity contribution in [3.63, 3.8) is 0 Å². The maximum Gasteiger partial charge on any atom is 0.392 e. The van der Waals surface area contributed by atoms with E-state index in [1.165, 1.54) is 0 Å². The standard InChI is InChI=1S/C26H27Cl2F3N4O2/c1-17-22(16-24(36)33-34-12-3-2-4-13-34)32-35(23-10-7-19(27)15-21(23)28)25(17)18-5-8-20(9-6-18)37-14-11-26(29,30)31/h5-10,15H,2-4,11-14,16H2,1H3,(H,33,36). The van der Waals surface area contributed by atoms with Crippen LogP contribution in [0.25, 0.3) is 16.9 Å². The molecule has 0 bridgehead atoms. The van der Waals surface area contributed by atoms with Gasteiger partial charge in [0.1, 0.15) is 5.75 Å². The highest BCUT2D eigenvalue weighted by Gasteiger charge is 2.27. The Kier molecular flexibility index (Phi) is 8.67. The highest BCUT2D eigenvalue weighted by atomic mass is 35.5. The van der Waals surface area contributed by atoms with Crippen molar-refractivity contribution in [3.8, 4) is 22.7 Å². The minimum atomic E-state index is -4.28. The zero-order valence-electron chi connectivity index (χ0n) is 20.2. The summed E-state index contributed by atoms with van der Waals surface area (Å²) in [5.41, 5.74) is 6.35. The van der Waals surface area contributed by atoms with Gasteiger partial charge in [-0.3, -0.25) is 10.2 Å². The van der Waals surface area contributed by atoms with E-state index in [1.54, 1.807) is 47.1 Å². The molecular formula is C26H27Cl2F3N4O2. The maximum absolute atomic E-state index is 12.8. The summed E-state index contributed by atoms with van der Waals surface area (Å²) in [5.74, 6) is 0.166. The summed E-state index contributed by atoms with van der Waals surface area (Å²) in [6, 6.07) is 11.7. The van der Waals surface area contributed by atoms with Crippen LogP contribution in [0.5, 0.6) is 5.75 Å². The second kappa shape index (κ2) is 11.8. The fourth-order valence-electron chi connectivity index (χ4n) is 4.24. The molecular weight excluding hydrogens is 528 g/mol. The number of alkyl halides is 3. The second-order valence-electron chi connectivity index (χ2n) is 8.93. The van der Waals surface area contributed by atoms with E-state index in [0.717, 1.165) is 43.5 Å².